The SMILES string of the molecule is O=C(CCc1ccccc1)NC1CCN(C(=O)CCC(=O)N2CCOc3ccccc32)CC1. The van der Waals surface area contributed by atoms with Gasteiger partial charge in [0.2, 0.25) is 17.7 Å². The van der Waals surface area contributed by atoms with Gasteiger partial charge >= 0.3 is 0 Å². The zero-order valence-corrected chi connectivity index (χ0v) is 18.9. The van der Waals surface area contributed by atoms with E-state index in [0.717, 1.165) is 30.5 Å². The molecule has 0 aliphatic carbocycles. The minimum Gasteiger partial charge on any atom is -0.490 e. The first-order chi connectivity index (χ1) is 16.1. The topological polar surface area (TPSA) is 79.0 Å². The summed E-state index contributed by atoms with van der Waals surface area (Å²) in [5, 5.41) is 3.10. The van der Waals surface area contributed by atoms with Gasteiger partial charge in [0.25, 0.3) is 0 Å². The Bertz CT molecular complexity index is 971. The molecule has 1 N–H and O–H groups in total. The molecule has 0 radical (unpaired) electrons. The Labute approximate surface area is 194 Å². The molecule has 2 aliphatic heterocycles. The minimum atomic E-state index is -0.0559. The molecule has 4 rings (SSSR count). The Morgan fingerprint density at radius 1 is 0.848 bits per heavy atom. The number of hydrogen-bond donors (Lipinski definition) is 1. The second-order valence-electron chi connectivity index (χ2n) is 8.57. The largest absolute Gasteiger partial charge is 0.490 e. The van der Waals surface area contributed by atoms with Gasteiger partial charge in [0.1, 0.15) is 12.4 Å². The number of carbonyl (C=O) groups excluding carboxylic acids is 3. The molecule has 0 saturated carbocycles. The zero-order valence-electron chi connectivity index (χ0n) is 18.9. The number of anilines is 1. The molecule has 2 aromatic carbocycles. The second-order valence-corrected chi connectivity index (χ2v) is 8.57. The molecular weight excluding hydrogens is 418 g/mol. The van der Waals surface area contributed by atoms with Crippen molar-refractivity contribution in [3.8, 4) is 5.75 Å². The van der Waals surface area contributed by atoms with Gasteiger partial charge in [-0.2, -0.15) is 0 Å². The van der Waals surface area contributed by atoms with E-state index in [1.165, 1.54) is 0 Å². The number of fused-ring (bicyclic) bond motifs is 1. The smallest absolute Gasteiger partial charge is 0.227 e. The van der Waals surface area contributed by atoms with Crippen LogP contribution in [-0.2, 0) is 20.8 Å². The van der Waals surface area contributed by atoms with Gasteiger partial charge in [0, 0.05) is 38.4 Å². The highest BCUT2D eigenvalue weighted by molar-refractivity contribution is 5.97. The van der Waals surface area contributed by atoms with Gasteiger partial charge in [0.05, 0.1) is 12.2 Å². The number of para-hydroxylation sites is 2. The number of benzene rings is 2. The van der Waals surface area contributed by atoms with Crippen LogP contribution in [0, 0.1) is 0 Å². The van der Waals surface area contributed by atoms with Crippen LogP contribution >= 0.6 is 0 Å². The standard InChI is InChI=1S/C26H31N3O4/c30-24(11-10-20-6-2-1-3-7-20)27-21-14-16-28(17-15-21)25(31)12-13-26(32)29-18-19-33-23-9-5-4-8-22(23)29/h1-9,21H,10-19H2,(H,27,30). The molecule has 7 heteroatoms. The van der Waals surface area contributed by atoms with Crippen LogP contribution in [-0.4, -0.2) is 54.9 Å². The van der Waals surface area contributed by atoms with Crippen molar-refractivity contribution in [3.05, 3.63) is 60.2 Å². The number of carbonyl (C=O) groups is 3. The molecule has 33 heavy (non-hydrogen) atoms. The third kappa shape index (κ3) is 6.12. The van der Waals surface area contributed by atoms with Gasteiger partial charge in [0.15, 0.2) is 0 Å². The van der Waals surface area contributed by atoms with Crippen molar-refractivity contribution >= 4 is 23.4 Å². The summed E-state index contributed by atoms with van der Waals surface area (Å²) in [6, 6.07) is 17.6. The molecule has 2 aliphatic rings. The van der Waals surface area contributed by atoms with Crippen LogP contribution in [0.3, 0.4) is 0 Å². The van der Waals surface area contributed by atoms with E-state index < -0.39 is 0 Å². The van der Waals surface area contributed by atoms with Crippen LogP contribution in [0.1, 0.15) is 37.7 Å². The summed E-state index contributed by atoms with van der Waals surface area (Å²) in [6.45, 7) is 2.18. The summed E-state index contributed by atoms with van der Waals surface area (Å²) in [7, 11) is 0. The number of amides is 3. The molecule has 1 saturated heterocycles. The highest BCUT2D eigenvalue weighted by atomic mass is 16.5. The van der Waals surface area contributed by atoms with Crippen molar-refractivity contribution in [1.82, 2.24) is 10.2 Å². The van der Waals surface area contributed by atoms with Crippen molar-refractivity contribution in [3.63, 3.8) is 0 Å². The summed E-state index contributed by atoms with van der Waals surface area (Å²) in [6.07, 6.45) is 3.07. The summed E-state index contributed by atoms with van der Waals surface area (Å²) in [4.78, 5) is 41.2. The number of nitrogens with one attached hydrogen (secondary N) is 1. The van der Waals surface area contributed by atoms with E-state index in [9.17, 15) is 14.4 Å². The number of likely N-dealkylation sites (tertiary alicyclic amines) is 1. The quantitative estimate of drug-likeness (QED) is 0.705. The van der Waals surface area contributed by atoms with Gasteiger partial charge in [-0.3, -0.25) is 14.4 Å². The molecule has 0 spiro atoms. The molecule has 2 heterocycles. The number of hydrogen-bond acceptors (Lipinski definition) is 4. The first-order valence-corrected chi connectivity index (χ1v) is 11.7. The van der Waals surface area contributed by atoms with E-state index in [2.05, 4.69) is 5.32 Å². The lowest BCUT2D eigenvalue weighted by Gasteiger charge is -2.33. The van der Waals surface area contributed by atoms with Crippen molar-refractivity contribution in [2.45, 2.75) is 44.6 Å². The van der Waals surface area contributed by atoms with Gasteiger partial charge in [-0.15, -0.1) is 0 Å². The van der Waals surface area contributed by atoms with Crippen LogP contribution in [0.25, 0.3) is 0 Å². The Morgan fingerprint density at radius 3 is 2.33 bits per heavy atom. The summed E-state index contributed by atoms with van der Waals surface area (Å²) >= 11 is 0. The third-order valence-electron chi connectivity index (χ3n) is 6.28. The molecule has 0 atom stereocenters. The van der Waals surface area contributed by atoms with Crippen LogP contribution in [0.2, 0.25) is 0 Å². The first kappa shape index (κ1) is 22.8. The number of piperidine rings is 1. The van der Waals surface area contributed by atoms with Crippen molar-refractivity contribution < 1.29 is 19.1 Å². The van der Waals surface area contributed by atoms with Gasteiger partial charge in [-0.05, 0) is 37.0 Å². The Hall–Kier alpha value is -3.35. The molecule has 7 nitrogen and oxygen atoms in total. The Morgan fingerprint density at radius 2 is 1.55 bits per heavy atom. The Kier molecular flexibility index (Phi) is 7.60. The average molecular weight is 450 g/mol. The molecular formula is C26H31N3O4. The summed E-state index contributed by atoms with van der Waals surface area (Å²) in [5.74, 6) is 0.703. The van der Waals surface area contributed by atoms with Gasteiger partial charge in [-0.25, -0.2) is 0 Å². The predicted octanol–water partition coefficient (Wildman–Crippen LogP) is 2.93. The monoisotopic (exact) mass is 449 g/mol. The van der Waals surface area contributed by atoms with E-state index >= 15 is 0 Å². The number of rotatable bonds is 7. The van der Waals surface area contributed by atoms with Crippen LogP contribution in [0.4, 0.5) is 5.69 Å². The maximum absolute atomic E-state index is 12.7. The van der Waals surface area contributed by atoms with Crippen molar-refractivity contribution in [1.29, 1.82) is 0 Å². The van der Waals surface area contributed by atoms with Crippen molar-refractivity contribution in [2.24, 2.45) is 0 Å². The summed E-state index contributed by atoms with van der Waals surface area (Å²) in [5.41, 5.74) is 1.92. The van der Waals surface area contributed by atoms with Crippen molar-refractivity contribution in [2.75, 3.05) is 31.1 Å². The van der Waals surface area contributed by atoms with E-state index in [4.69, 9.17) is 4.74 Å². The fourth-order valence-electron chi connectivity index (χ4n) is 4.41. The van der Waals surface area contributed by atoms with Crippen LogP contribution in [0.15, 0.2) is 54.6 Å². The van der Waals surface area contributed by atoms with E-state index in [1.54, 1.807) is 4.90 Å². The molecule has 1 fully saturated rings. The third-order valence-corrected chi connectivity index (χ3v) is 6.28. The summed E-state index contributed by atoms with van der Waals surface area (Å²) < 4.78 is 5.60. The molecule has 0 bridgehead atoms. The Balaban J connectivity index is 1.17. The molecule has 2 aromatic rings. The average Bonchev–Trinajstić information content (AvgIpc) is 2.86. The lowest BCUT2D eigenvalue weighted by Crippen LogP contribution is -2.46. The molecule has 174 valence electrons. The first-order valence-electron chi connectivity index (χ1n) is 11.7. The highest BCUT2D eigenvalue weighted by Gasteiger charge is 2.26. The lowest BCUT2D eigenvalue weighted by molar-refractivity contribution is -0.134. The lowest BCUT2D eigenvalue weighted by atomic mass is 10.0. The highest BCUT2D eigenvalue weighted by Crippen LogP contribution is 2.31. The fourth-order valence-corrected chi connectivity index (χ4v) is 4.41. The number of aryl methyl sites for hydroxylation is 1. The van der Waals surface area contributed by atoms with Gasteiger partial charge < -0.3 is 19.9 Å². The fraction of sp³-hybridized carbons (Fsp3) is 0.423. The number of ether oxygens (including phenoxy) is 1. The maximum Gasteiger partial charge on any atom is 0.227 e. The maximum atomic E-state index is 12.7. The zero-order chi connectivity index (χ0) is 23.0. The predicted molar refractivity (Wildman–Crippen MR) is 126 cm³/mol. The van der Waals surface area contributed by atoms with E-state index in [1.807, 2.05) is 59.5 Å². The van der Waals surface area contributed by atoms with Crippen LogP contribution in [0.5, 0.6) is 5.75 Å². The second kappa shape index (κ2) is 11.0. The van der Waals surface area contributed by atoms with Gasteiger partial charge in [-0.1, -0.05) is 42.5 Å². The van der Waals surface area contributed by atoms with Crippen LogP contribution < -0.4 is 15.0 Å². The normalized spacial score (nSPS) is 16.0. The van der Waals surface area contributed by atoms with E-state index in [-0.39, 0.29) is 36.6 Å². The molecule has 0 unspecified atom stereocenters. The minimum absolute atomic E-state index is 0.00116. The van der Waals surface area contributed by atoms with E-state index in [0.29, 0.717) is 38.4 Å². The number of nitrogens with zero attached hydrogens (tertiary/aromatic N) is 2. The molecule has 0 aromatic heterocycles. The molecule has 3 amide bonds.